The molecule has 3 nitrogen and oxygen atoms in total. The Morgan fingerprint density at radius 3 is 2.50 bits per heavy atom. The second kappa shape index (κ2) is 7.77. The SMILES string of the molecule is C[C@H](CCc1ccccc1)NC(=O)C[N+](C)(C)C1CCCC1. The molecule has 3 heteroatoms. The van der Waals surface area contributed by atoms with Crippen LogP contribution in [0.2, 0.25) is 0 Å². The zero-order valence-electron chi connectivity index (χ0n) is 14.3. The molecule has 1 aromatic carbocycles. The van der Waals surface area contributed by atoms with E-state index in [2.05, 4.69) is 50.6 Å². The number of hydrogen-bond acceptors (Lipinski definition) is 1. The molecule has 0 aliphatic heterocycles. The van der Waals surface area contributed by atoms with E-state index in [9.17, 15) is 4.79 Å². The molecule has 1 N–H and O–H groups in total. The molecule has 1 aliphatic carbocycles. The number of carbonyl (C=O) groups excluding carboxylic acids is 1. The molecule has 22 heavy (non-hydrogen) atoms. The Balaban J connectivity index is 1.73. The quantitative estimate of drug-likeness (QED) is 0.770. The van der Waals surface area contributed by atoms with Crippen molar-refractivity contribution < 1.29 is 9.28 Å². The predicted molar refractivity (Wildman–Crippen MR) is 91.6 cm³/mol. The smallest absolute Gasteiger partial charge is 0.275 e. The number of aryl methyl sites for hydroxylation is 1. The van der Waals surface area contributed by atoms with E-state index in [0.717, 1.165) is 17.3 Å². The molecule has 0 heterocycles. The number of nitrogens with one attached hydrogen (secondary N) is 1. The largest absolute Gasteiger partial charge is 0.349 e. The van der Waals surface area contributed by atoms with E-state index in [-0.39, 0.29) is 11.9 Å². The Morgan fingerprint density at radius 1 is 1.23 bits per heavy atom. The number of amides is 1. The third-order valence-corrected chi connectivity index (χ3v) is 4.98. The molecule has 1 saturated carbocycles. The lowest BCUT2D eigenvalue weighted by molar-refractivity contribution is -0.906. The van der Waals surface area contributed by atoms with Gasteiger partial charge in [-0.3, -0.25) is 4.79 Å². The van der Waals surface area contributed by atoms with E-state index in [4.69, 9.17) is 0 Å². The molecule has 122 valence electrons. The maximum absolute atomic E-state index is 12.3. The van der Waals surface area contributed by atoms with Crippen molar-refractivity contribution in [1.82, 2.24) is 5.32 Å². The van der Waals surface area contributed by atoms with Crippen molar-refractivity contribution in [3.63, 3.8) is 0 Å². The Morgan fingerprint density at radius 2 is 1.86 bits per heavy atom. The average Bonchev–Trinajstić information content (AvgIpc) is 3.00. The van der Waals surface area contributed by atoms with Crippen LogP contribution in [0.15, 0.2) is 30.3 Å². The van der Waals surface area contributed by atoms with Crippen molar-refractivity contribution in [2.75, 3.05) is 20.6 Å². The van der Waals surface area contributed by atoms with Crippen LogP contribution in [0.4, 0.5) is 0 Å². The molecule has 0 radical (unpaired) electrons. The number of carbonyl (C=O) groups is 1. The number of hydrogen-bond donors (Lipinski definition) is 1. The first-order valence-corrected chi connectivity index (χ1v) is 8.63. The van der Waals surface area contributed by atoms with E-state index in [1.807, 2.05) is 6.07 Å². The predicted octanol–water partition coefficient (Wildman–Crippen LogP) is 3.14. The minimum atomic E-state index is 0.192. The third-order valence-electron chi connectivity index (χ3n) is 4.98. The van der Waals surface area contributed by atoms with Crippen molar-refractivity contribution >= 4 is 5.91 Å². The van der Waals surface area contributed by atoms with Gasteiger partial charge >= 0.3 is 0 Å². The molecule has 0 aromatic heterocycles. The van der Waals surface area contributed by atoms with Crippen molar-refractivity contribution in [2.45, 2.75) is 57.5 Å². The molecule has 0 bridgehead atoms. The van der Waals surface area contributed by atoms with Gasteiger partial charge in [-0.05, 0) is 51.0 Å². The van der Waals surface area contributed by atoms with Gasteiger partial charge in [0.05, 0.1) is 20.1 Å². The van der Waals surface area contributed by atoms with Gasteiger partial charge in [-0.1, -0.05) is 30.3 Å². The summed E-state index contributed by atoms with van der Waals surface area (Å²) >= 11 is 0. The second-order valence-corrected chi connectivity index (χ2v) is 7.37. The molecule has 1 amide bonds. The summed E-state index contributed by atoms with van der Waals surface area (Å²) in [6, 6.07) is 11.4. The zero-order chi connectivity index (χ0) is 16.0. The average molecular weight is 303 g/mol. The fourth-order valence-corrected chi connectivity index (χ4v) is 3.52. The topological polar surface area (TPSA) is 29.1 Å². The summed E-state index contributed by atoms with van der Waals surface area (Å²) in [5, 5.41) is 3.18. The van der Waals surface area contributed by atoms with E-state index >= 15 is 0 Å². The Bertz CT molecular complexity index is 464. The molecular formula is C19H31N2O+. The minimum Gasteiger partial charge on any atom is -0.349 e. The summed E-state index contributed by atoms with van der Waals surface area (Å²) in [6.45, 7) is 2.71. The van der Waals surface area contributed by atoms with Gasteiger partial charge in [0.25, 0.3) is 5.91 Å². The van der Waals surface area contributed by atoms with Crippen LogP contribution in [0, 0.1) is 0 Å². The molecule has 1 atom stereocenters. The second-order valence-electron chi connectivity index (χ2n) is 7.37. The fraction of sp³-hybridized carbons (Fsp3) is 0.632. The highest BCUT2D eigenvalue weighted by molar-refractivity contribution is 5.77. The molecule has 2 rings (SSSR count). The number of benzene rings is 1. The van der Waals surface area contributed by atoms with E-state index in [1.54, 1.807) is 0 Å². The number of likely N-dealkylation sites (N-methyl/N-ethyl adjacent to an activating group) is 1. The van der Waals surface area contributed by atoms with Gasteiger partial charge in [-0.25, -0.2) is 0 Å². The van der Waals surface area contributed by atoms with Crippen molar-refractivity contribution in [1.29, 1.82) is 0 Å². The van der Waals surface area contributed by atoms with Gasteiger partial charge in [0.15, 0.2) is 6.54 Å². The zero-order valence-corrected chi connectivity index (χ0v) is 14.3. The summed E-state index contributed by atoms with van der Waals surface area (Å²) in [4.78, 5) is 12.3. The highest BCUT2D eigenvalue weighted by atomic mass is 16.2. The first-order chi connectivity index (χ1) is 10.5. The van der Waals surface area contributed by atoms with Crippen LogP contribution in [0.25, 0.3) is 0 Å². The van der Waals surface area contributed by atoms with Gasteiger partial charge < -0.3 is 9.80 Å². The van der Waals surface area contributed by atoms with Gasteiger partial charge in [-0.15, -0.1) is 0 Å². The third kappa shape index (κ3) is 5.13. The standard InChI is InChI=1S/C19H30N2O/c1-16(13-14-17-9-5-4-6-10-17)20-19(22)15-21(2,3)18-11-7-8-12-18/h4-6,9-10,16,18H,7-8,11-15H2,1-3H3/p+1/t16-/m1/s1. The van der Waals surface area contributed by atoms with Gasteiger partial charge in [-0.2, -0.15) is 0 Å². The normalized spacial score (nSPS) is 17.4. The van der Waals surface area contributed by atoms with Crippen LogP contribution >= 0.6 is 0 Å². The molecule has 1 fully saturated rings. The summed E-state index contributed by atoms with van der Waals surface area (Å²) in [5.74, 6) is 0.192. The monoisotopic (exact) mass is 303 g/mol. The molecule has 1 aromatic rings. The highest BCUT2D eigenvalue weighted by Gasteiger charge is 2.33. The molecule has 1 aliphatic rings. The number of rotatable bonds is 7. The lowest BCUT2D eigenvalue weighted by atomic mass is 10.1. The first-order valence-electron chi connectivity index (χ1n) is 8.63. The maximum atomic E-state index is 12.3. The van der Waals surface area contributed by atoms with Crippen LogP contribution in [0.3, 0.4) is 0 Å². The van der Waals surface area contributed by atoms with Crippen molar-refractivity contribution in [3.05, 3.63) is 35.9 Å². The Kier molecular flexibility index (Phi) is 6.01. The minimum absolute atomic E-state index is 0.192. The molecular weight excluding hydrogens is 272 g/mol. The lowest BCUT2D eigenvalue weighted by Crippen LogP contribution is -2.53. The summed E-state index contributed by atoms with van der Waals surface area (Å²) < 4.78 is 0.831. The Hall–Kier alpha value is -1.35. The molecule has 0 spiro atoms. The van der Waals surface area contributed by atoms with Crippen LogP contribution in [0.1, 0.15) is 44.6 Å². The lowest BCUT2D eigenvalue weighted by Gasteiger charge is -2.35. The Labute approximate surface area is 135 Å². The summed E-state index contributed by atoms with van der Waals surface area (Å²) in [5.41, 5.74) is 1.34. The highest BCUT2D eigenvalue weighted by Crippen LogP contribution is 2.26. The van der Waals surface area contributed by atoms with Gasteiger partial charge in [0, 0.05) is 6.04 Å². The fourth-order valence-electron chi connectivity index (χ4n) is 3.52. The van der Waals surface area contributed by atoms with Gasteiger partial charge in [0.2, 0.25) is 0 Å². The number of nitrogens with zero attached hydrogens (tertiary/aromatic N) is 1. The van der Waals surface area contributed by atoms with Crippen LogP contribution < -0.4 is 5.32 Å². The van der Waals surface area contributed by atoms with Crippen LogP contribution in [-0.4, -0.2) is 43.1 Å². The van der Waals surface area contributed by atoms with E-state index in [0.29, 0.717) is 12.6 Å². The summed E-state index contributed by atoms with van der Waals surface area (Å²) in [7, 11) is 4.40. The van der Waals surface area contributed by atoms with Crippen LogP contribution in [0.5, 0.6) is 0 Å². The van der Waals surface area contributed by atoms with Crippen molar-refractivity contribution in [2.24, 2.45) is 0 Å². The number of quaternary nitrogens is 1. The summed E-state index contributed by atoms with van der Waals surface area (Å²) in [6.07, 6.45) is 7.19. The van der Waals surface area contributed by atoms with Crippen molar-refractivity contribution in [3.8, 4) is 0 Å². The van der Waals surface area contributed by atoms with E-state index < -0.39 is 0 Å². The molecule has 0 unspecified atom stereocenters. The maximum Gasteiger partial charge on any atom is 0.275 e. The molecule has 0 saturated heterocycles. The van der Waals surface area contributed by atoms with E-state index in [1.165, 1.54) is 31.2 Å². The first kappa shape index (κ1) is 17.0. The van der Waals surface area contributed by atoms with Gasteiger partial charge in [0.1, 0.15) is 0 Å². The van der Waals surface area contributed by atoms with Crippen LogP contribution in [-0.2, 0) is 11.2 Å².